The summed E-state index contributed by atoms with van der Waals surface area (Å²) in [7, 11) is 1.87. The number of halogens is 2. The van der Waals surface area contributed by atoms with Crippen LogP contribution in [0.1, 0.15) is 19.5 Å². The lowest BCUT2D eigenvalue weighted by Gasteiger charge is -2.11. The van der Waals surface area contributed by atoms with E-state index in [0.717, 1.165) is 21.5 Å². The Morgan fingerprint density at radius 3 is 2.63 bits per heavy atom. The van der Waals surface area contributed by atoms with Crippen LogP contribution in [0, 0.1) is 9.49 Å². The molecule has 0 aromatic carbocycles. The first kappa shape index (κ1) is 14.8. The number of nitrogens with zero attached hydrogens (tertiary/aromatic N) is 2. The van der Waals surface area contributed by atoms with Gasteiger partial charge < -0.3 is 9.73 Å². The summed E-state index contributed by atoms with van der Waals surface area (Å²) in [4.78, 5) is 9.13. The minimum absolute atomic E-state index is 0.546. The smallest absolute Gasteiger partial charge is 0.197 e. The van der Waals surface area contributed by atoms with Gasteiger partial charge in [-0.1, -0.05) is 13.8 Å². The second-order valence-electron chi connectivity index (χ2n) is 4.61. The standard InChI is InChI=1S/C13H15BrIN3O/c1-7(2)6-8-11(15)13(16-3)18-12(17-8)9-4-5-10(14)19-9/h4-5,7H,6H2,1-3H3,(H,16,17,18). The van der Waals surface area contributed by atoms with E-state index in [1.165, 1.54) is 0 Å². The fraction of sp³-hybridized carbons (Fsp3) is 0.385. The van der Waals surface area contributed by atoms with Gasteiger partial charge in [0, 0.05) is 7.05 Å². The third-order valence-electron chi connectivity index (χ3n) is 2.55. The number of aromatic nitrogens is 2. The Bertz CT molecular complexity index is 583. The van der Waals surface area contributed by atoms with Crippen LogP contribution < -0.4 is 5.32 Å². The zero-order chi connectivity index (χ0) is 14.0. The van der Waals surface area contributed by atoms with E-state index in [0.29, 0.717) is 22.2 Å². The highest BCUT2D eigenvalue weighted by atomic mass is 127. The van der Waals surface area contributed by atoms with Crippen LogP contribution in [0.4, 0.5) is 5.82 Å². The van der Waals surface area contributed by atoms with Gasteiger partial charge in [-0.2, -0.15) is 0 Å². The van der Waals surface area contributed by atoms with Crippen LogP contribution in [0.2, 0.25) is 0 Å². The molecular weight excluding hydrogens is 421 g/mol. The van der Waals surface area contributed by atoms with Crippen molar-refractivity contribution in [1.29, 1.82) is 0 Å². The summed E-state index contributed by atoms with van der Waals surface area (Å²) in [6, 6.07) is 3.71. The van der Waals surface area contributed by atoms with Gasteiger partial charge in [0.1, 0.15) is 5.82 Å². The SMILES string of the molecule is CNc1nc(-c2ccc(Br)o2)nc(CC(C)C)c1I. The molecule has 0 atom stereocenters. The lowest BCUT2D eigenvalue weighted by atomic mass is 10.1. The summed E-state index contributed by atoms with van der Waals surface area (Å²) < 4.78 is 7.28. The topological polar surface area (TPSA) is 51.0 Å². The number of nitrogens with one attached hydrogen (secondary N) is 1. The Balaban J connectivity index is 2.50. The molecule has 0 fully saturated rings. The zero-order valence-electron chi connectivity index (χ0n) is 11.0. The molecule has 6 heteroatoms. The normalized spacial score (nSPS) is 11.1. The molecule has 0 bridgehead atoms. The van der Waals surface area contributed by atoms with Crippen molar-refractivity contribution in [1.82, 2.24) is 9.97 Å². The van der Waals surface area contributed by atoms with Gasteiger partial charge in [0.2, 0.25) is 0 Å². The third-order valence-corrected chi connectivity index (χ3v) is 4.11. The lowest BCUT2D eigenvalue weighted by Crippen LogP contribution is -2.07. The minimum atomic E-state index is 0.546. The maximum absolute atomic E-state index is 5.53. The monoisotopic (exact) mass is 435 g/mol. The van der Waals surface area contributed by atoms with Gasteiger partial charge in [0.05, 0.1) is 9.26 Å². The lowest BCUT2D eigenvalue weighted by molar-refractivity contribution is 0.550. The Labute approximate surface area is 134 Å². The predicted molar refractivity (Wildman–Crippen MR) is 88.2 cm³/mol. The molecule has 102 valence electrons. The van der Waals surface area contributed by atoms with E-state index in [9.17, 15) is 0 Å². The quantitative estimate of drug-likeness (QED) is 0.725. The summed E-state index contributed by atoms with van der Waals surface area (Å²) in [6.07, 6.45) is 0.921. The fourth-order valence-corrected chi connectivity index (χ4v) is 2.76. The van der Waals surface area contributed by atoms with Crippen molar-refractivity contribution in [2.75, 3.05) is 12.4 Å². The molecule has 0 aliphatic rings. The Hall–Kier alpha value is -0.630. The van der Waals surface area contributed by atoms with Crippen molar-refractivity contribution in [2.24, 2.45) is 5.92 Å². The van der Waals surface area contributed by atoms with E-state index >= 15 is 0 Å². The van der Waals surface area contributed by atoms with E-state index in [1.54, 1.807) is 0 Å². The van der Waals surface area contributed by atoms with Crippen molar-refractivity contribution in [3.63, 3.8) is 0 Å². The van der Waals surface area contributed by atoms with Gasteiger partial charge in [-0.15, -0.1) is 0 Å². The summed E-state index contributed by atoms with van der Waals surface area (Å²) in [5.74, 6) is 2.67. The summed E-state index contributed by atoms with van der Waals surface area (Å²) in [6.45, 7) is 4.36. The number of rotatable bonds is 4. The number of hydrogen-bond acceptors (Lipinski definition) is 4. The Morgan fingerprint density at radius 2 is 2.11 bits per heavy atom. The van der Waals surface area contributed by atoms with Gasteiger partial charge in [0.25, 0.3) is 0 Å². The molecule has 0 saturated carbocycles. The highest BCUT2D eigenvalue weighted by Crippen LogP contribution is 2.27. The van der Waals surface area contributed by atoms with Crippen LogP contribution in [0.3, 0.4) is 0 Å². The van der Waals surface area contributed by atoms with Crippen LogP contribution in [0.15, 0.2) is 21.2 Å². The van der Waals surface area contributed by atoms with Crippen LogP contribution in [-0.2, 0) is 6.42 Å². The van der Waals surface area contributed by atoms with Gasteiger partial charge in [-0.3, -0.25) is 0 Å². The number of hydrogen-bond donors (Lipinski definition) is 1. The van der Waals surface area contributed by atoms with Crippen LogP contribution in [0.25, 0.3) is 11.6 Å². The van der Waals surface area contributed by atoms with E-state index in [4.69, 9.17) is 4.42 Å². The largest absolute Gasteiger partial charge is 0.446 e. The van der Waals surface area contributed by atoms with E-state index in [2.05, 4.69) is 67.7 Å². The van der Waals surface area contributed by atoms with E-state index < -0.39 is 0 Å². The first-order valence-corrected chi connectivity index (χ1v) is 7.88. The van der Waals surface area contributed by atoms with Gasteiger partial charge in [-0.05, 0) is 63.0 Å². The van der Waals surface area contributed by atoms with Gasteiger partial charge in [0.15, 0.2) is 16.3 Å². The minimum Gasteiger partial charge on any atom is -0.446 e. The molecule has 2 aromatic rings. The predicted octanol–water partition coefficient (Wildman–Crippen LogP) is 4.34. The molecule has 0 unspecified atom stereocenters. The summed E-state index contributed by atoms with van der Waals surface area (Å²) in [5.41, 5.74) is 1.05. The first-order valence-electron chi connectivity index (χ1n) is 6.01. The summed E-state index contributed by atoms with van der Waals surface area (Å²) >= 11 is 5.59. The second-order valence-corrected chi connectivity index (χ2v) is 6.47. The van der Waals surface area contributed by atoms with Gasteiger partial charge in [-0.25, -0.2) is 9.97 Å². The van der Waals surface area contributed by atoms with Crippen molar-refractivity contribution in [3.05, 3.63) is 26.1 Å². The number of furan rings is 1. The average Bonchev–Trinajstić information content (AvgIpc) is 2.78. The molecule has 0 aliphatic carbocycles. The van der Waals surface area contributed by atoms with Crippen molar-refractivity contribution in [2.45, 2.75) is 20.3 Å². The molecule has 0 saturated heterocycles. The molecule has 2 aromatic heterocycles. The number of anilines is 1. The highest BCUT2D eigenvalue weighted by Gasteiger charge is 2.15. The maximum atomic E-state index is 5.53. The van der Waals surface area contributed by atoms with E-state index in [-0.39, 0.29) is 0 Å². The molecular formula is C13H15BrIN3O. The van der Waals surface area contributed by atoms with Crippen molar-refractivity contribution >= 4 is 44.3 Å². The Kier molecular flexibility index (Phi) is 4.83. The summed E-state index contributed by atoms with van der Waals surface area (Å²) in [5, 5.41) is 3.11. The van der Waals surface area contributed by atoms with Crippen LogP contribution in [0.5, 0.6) is 0 Å². The Morgan fingerprint density at radius 1 is 1.37 bits per heavy atom. The van der Waals surface area contributed by atoms with Gasteiger partial charge >= 0.3 is 0 Å². The molecule has 1 N–H and O–H groups in total. The van der Waals surface area contributed by atoms with Crippen molar-refractivity contribution < 1.29 is 4.42 Å². The molecule has 0 radical (unpaired) electrons. The van der Waals surface area contributed by atoms with Crippen LogP contribution in [-0.4, -0.2) is 17.0 Å². The molecule has 0 amide bonds. The zero-order valence-corrected chi connectivity index (χ0v) is 14.7. The molecule has 0 spiro atoms. The molecule has 2 heterocycles. The maximum Gasteiger partial charge on any atom is 0.197 e. The van der Waals surface area contributed by atoms with E-state index in [1.807, 2.05) is 19.2 Å². The molecule has 0 aliphatic heterocycles. The highest BCUT2D eigenvalue weighted by molar-refractivity contribution is 14.1. The molecule has 2 rings (SSSR count). The fourth-order valence-electron chi connectivity index (χ4n) is 1.73. The average molecular weight is 436 g/mol. The van der Waals surface area contributed by atoms with Crippen LogP contribution >= 0.6 is 38.5 Å². The third kappa shape index (κ3) is 3.47. The molecule has 19 heavy (non-hydrogen) atoms. The first-order chi connectivity index (χ1) is 9.01. The van der Waals surface area contributed by atoms with Crippen molar-refractivity contribution in [3.8, 4) is 11.6 Å². The second kappa shape index (κ2) is 6.21. The molecule has 4 nitrogen and oxygen atoms in total.